The van der Waals surface area contributed by atoms with Gasteiger partial charge in [-0.3, -0.25) is 0 Å². The molecule has 4 nitrogen and oxygen atoms in total. The van der Waals surface area contributed by atoms with Gasteiger partial charge in [0.2, 0.25) is 0 Å². The molecule has 5 heteroatoms. The summed E-state index contributed by atoms with van der Waals surface area (Å²) in [4.78, 5) is 0. The molecule has 0 bridgehead atoms. The molecule has 0 aromatic heterocycles. The van der Waals surface area contributed by atoms with Gasteiger partial charge in [0.05, 0.1) is 6.17 Å². The van der Waals surface area contributed by atoms with Gasteiger partial charge in [0, 0.05) is 13.1 Å². The molecule has 1 saturated heterocycles. The van der Waals surface area contributed by atoms with Gasteiger partial charge >= 0.3 is 0 Å². The Labute approximate surface area is 96.7 Å². The Morgan fingerprint density at radius 1 is 0.933 bits per heavy atom. The van der Waals surface area contributed by atoms with Crippen LogP contribution in [0.2, 0.25) is 0 Å². The van der Waals surface area contributed by atoms with Crippen LogP contribution in [0.25, 0.3) is 0 Å². The van der Waals surface area contributed by atoms with E-state index >= 15 is 0 Å². The normalized spacial score (nSPS) is 25.9. The van der Waals surface area contributed by atoms with Crippen molar-refractivity contribution >= 4 is 10.8 Å². The summed E-state index contributed by atoms with van der Waals surface area (Å²) in [6.45, 7) is 9.02. The second kappa shape index (κ2) is 4.59. The van der Waals surface area contributed by atoms with Crippen molar-refractivity contribution < 1.29 is 0 Å². The van der Waals surface area contributed by atoms with Crippen molar-refractivity contribution in [3.63, 3.8) is 0 Å². The molecule has 0 aromatic carbocycles. The van der Waals surface area contributed by atoms with E-state index in [9.17, 15) is 0 Å². The van der Waals surface area contributed by atoms with Crippen LogP contribution in [-0.4, -0.2) is 64.7 Å². The molecule has 1 aliphatic rings. The van der Waals surface area contributed by atoms with Gasteiger partial charge in [0.1, 0.15) is 0 Å². The lowest BCUT2D eigenvalue weighted by molar-refractivity contribution is 0.113. The quantitative estimate of drug-likeness (QED) is 0.732. The van der Waals surface area contributed by atoms with E-state index in [0.717, 1.165) is 13.1 Å². The Morgan fingerprint density at radius 3 is 1.47 bits per heavy atom. The lowest BCUT2D eigenvalue weighted by atomic mass is 10.5. The highest BCUT2D eigenvalue weighted by Crippen LogP contribution is 2.67. The van der Waals surface area contributed by atoms with E-state index in [1.54, 1.807) is 0 Å². The molecule has 1 heterocycles. The minimum atomic E-state index is -1.03. The molecular formula is C10H26N4S. The van der Waals surface area contributed by atoms with E-state index in [2.05, 4.69) is 66.2 Å². The molecule has 0 unspecified atom stereocenters. The molecule has 1 rings (SSSR count). The van der Waals surface area contributed by atoms with Crippen molar-refractivity contribution in [3.05, 3.63) is 0 Å². The second-order valence-electron chi connectivity index (χ2n) is 4.21. The van der Waals surface area contributed by atoms with Gasteiger partial charge in [-0.1, -0.05) is 13.8 Å². The lowest BCUT2D eigenvalue weighted by Gasteiger charge is -2.72. The Kier molecular flexibility index (Phi) is 4.06. The van der Waals surface area contributed by atoms with Gasteiger partial charge in [-0.05, 0) is 45.9 Å². The monoisotopic (exact) mass is 234 g/mol. The molecular weight excluding hydrogens is 208 g/mol. The molecule has 0 aliphatic carbocycles. The minimum Gasteiger partial charge on any atom is -0.239 e. The highest BCUT2D eigenvalue weighted by Gasteiger charge is 2.54. The topological polar surface area (TPSA) is 13.0 Å². The number of nitrogens with zero attached hydrogens (tertiary/aromatic N) is 4. The first-order valence-electron chi connectivity index (χ1n) is 5.66. The van der Waals surface area contributed by atoms with Crippen LogP contribution in [0.1, 0.15) is 20.8 Å². The molecule has 1 aliphatic heterocycles. The summed E-state index contributed by atoms with van der Waals surface area (Å²) in [5, 5.41) is 0. The predicted molar refractivity (Wildman–Crippen MR) is 69.2 cm³/mol. The maximum atomic E-state index is 2.59. The fraction of sp³-hybridized carbons (Fsp3) is 1.00. The van der Waals surface area contributed by atoms with Gasteiger partial charge in [-0.25, -0.2) is 17.2 Å². The summed E-state index contributed by atoms with van der Waals surface area (Å²) in [6.07, 6.45) is 0.569. The van der Waals surface area contributed by atoms with Crippen molar-refractivity contribution in [3.8, 4) is 0 Å². The fourth-order valence-electron chi connectivity index (χ4n) is 2.69. The summed E-state index contributed by atoms with van der Waals surface area (Å²) < 4.78 is 9.94. The first-order valence-corrected chi connectivity index (χ1v) is 7.12. The summed E-state index contributed by atoms with van der Waals surface area (Å²) in [6, 6.07) is 0. The van der Waals surface area contributed by atoms with E-state index in [1.165, 1.54) is 0 Å². The zero-order valence-corrected chi connectivity index (χ0v) is 12.0. The molecule has 15 heavy (non-hydrogen) atoms. The Bertz CT molecular complexity index is 197. The molecule has 0 N–H and O–H groups in total. The Hall–Kier alpha value is 0.190. The third-order valence-corrected chi connectivity index (χ3v) is 7.41. The van der Waals surface area contributed by atoms with Crippen LogP contribution in [-0.2, 0) is 0 Å². The van der Waals surface area contributed by atoms with Crippen LogP contribution in [0.4, 0.5) is 0 Å². The zero-order chi connectivity index (χ0) is 11.8. The number of rotatable bonds is 4. The molecule has 0 saturated carbocycles. The molecule has 0 spiro atoms. The molecule has 1 fully saturated rings. The van der Waals surface area contributed by atoms with Crippen LogP contribution in [0.15, 0.2) is 0 Å². The van der Waals surface area contributed by atoms with Crippen molar-refractivity contribution in [2.75, 3.05) is 41.3 Å². The van der Waals surface area contributed by atoms with Crippen LogP contribution in [0.3, 0.4) is 0 Å². The van der Waals surface area contributed by atoms with E-state index in [4.69, 9.17) is 0 Å². The number of hydrogen-bond donors (Lipinski definition) is 0. The SMILES string of the molecule is CCN1C(C)N(CC)S1(N(C)C)N(C)C. The van der Waals surface area contributed by atoms with E-state index in [1.807, 2.05) is 0 Å². The smallest absolute Gasteiger partial charge is 0.0825 e. The van der Waals surface area contributed by atoms with Gasteiger partial charge in [-0.2, -0.15) is 0 Å². The summed E-state index contributed by atoms with van der Waals surface area (Å²) in [5.41, 5.74) is 0. The zero-order valence-electron chi connectivity index (χ0n) is 11.2. The molecule has 92 valence electrons. The second-order valence-corrected chi connectivity index (χ2v) is 7.59. The van der Waals surface area contributed by atoms with E-state index in [0.29, 0.717) is 6.17 Å². The van der Waals surface area contributed by atoms with Crippen LogP contribution >= 0.6 is 10.8 Å². The largest absolute Gasteiger partial charge is 0.239 e. The minimum absolute atomic E-state index is 0.569. The van der Waals surface area contributed by atoms with Gasteiger partial charge < -0.3 is 0 Å². The van der Waals surface area contributed by atoms with Crippen molar-refractivity contribution in [1.29, 1.82) is 0 Å². The first-order chi connectivity index (χ1) is 6.94. The van der Waals surface area contributed by atoms with Gasteiger partial charge in [0.25, 0.3) is 0 Å². The standard InChI is InChI=1S/C10H26N4S/c1-8-13-10(3)14(9-2)15(13,11(4)5)12(6)7/h10H,8-9H2,1-7H3. The fourth-order valence-corrected chi connectivity index (χ4v) is 6.89. The van der Waals surface area contributed by atoms with Crippen molar-refractivity contribution in [1.82, 2.24) is 17.2 Å². The highest BCUT2D eigenvalue weighted by atomic mass is 32.3. The molecule has 0 radical (unpaired) electrons. The van der Waals surface area contributed by atoms with Crippen molar-refractivity contribution in [2.45, 2.75) is 26.9 Å². The van der Waals surface area contributed by atoms with Crippen molar-refractivity contribution in [2.24, 2.45) is 0 Å². The third kappa shape index (κ3) is 1.61. The number of hydrogen-bond acceptors (Lipinski definition) is 4. The molecule has 0 amide bonds. The maximum absolute atomic E-state index is 2.59. The molecule has 0 aromatic rings. The average Bonchev–Trinajstić information content (AvgIpc) is 2.13. The van der Waals surface area contributed by atoms with Crippen LogP contribution < -0.4 is 0 Å². The molecule has 0 atom stereocenters. The summed E-state index contributed by atoms with van der Waals surface area (Å²) >= 11 is 0. The summed E-state index contributed by atoms with van der Waals surface area (Å²) in [7, 11) is 7.72. The van der Waals surface area contributed by atoms with E-state index in [-0.39, 0.29) is 0 Å². The van der Waals surface area contributed by atoms with Gasteiger partial charge in [-0.15, -0.1) is 0 Å². The van der Waals surface area contributed by atoms with E-state index < -0.39 is 10.8 Å². The average molecular weight is 234 g/mol. The Morgan fingerprint density at radius 2 is 1.27 bits per heavy atom. The highest BCUT2D eigenvalue weighted by molar-refractivity contribution is 8.26. The third-order valence-electron chi connectivity index (χ3n) is 3.07. The Balaban J connectivity index is 3.03. The predicted octanol–water partition coefficient (Wildman–Crippen LogP) is 1.58. The summed E-state index contributed by atoms with van der Waals surface area (Å²) in [5.74, 6) is 0. The van der Waals surface area contributed by atoms with Crippen LogP contribution in [0.5, 0.6) is 0 Å². The van der Waals surface area contributed by atoms with Crippen LogP contribution in [0, 0.1) is 0 Å². The lowest BCUT2D eigenvalue weighted by Crippen LogP contribution is -2.69. The first kappa shape index (κ1) is 13.3. The van der Waals surface area contributed by atoms with Gasteiger partial charge in [0.15, 0.2) is 0 Å². The maximum Gasteiger partial charge on any atom is 0.0825 e.